The fraction of sp³-hybridized carbons (Fsp3) is 0.732. The van der Waals surface area contributed by atoms with Gasteiger partial charge >= 0.3 is 13.8 Å². The monoisotopic (exact) mass is 724 g/mol. The topological polar surface area (TPSA) is 117 Å². The maximum Gasteiger partial charge on any atom is 0.472 e. The van der Waals surface area contributed by atoms with Gasteiger partial charge in [-0.1, -0.05) is 139 Å². The third-order valence-electron chi connectivity index (χ3n) is 7.92. The molecule has 2 atom stereocenters. The van der Waals surface area contributed by atoms with Crippen LogP contribution in [0.2, 0.25) is 0 Å². The van der Waals surface area contributed by atoms with Crippen LogP contribution in [0.15, 0.2) is 60.8 Å². The zero-order valence-corrected chi connectivity index (χ0v) is 32.8. The van der Waals surface area contributed by atoms with Gasteiger partial charge in [-0.25, -0.2) is 4.57 Å². The number of esters is 1. The summed E-state index contributed by atoms with van der Waals surface area (Å²) in [6, 6.07) is 0. The molecule has 290 valence electrons. The van der Waals surface area contributed by atoms with E-state index < -0.39 is 13.9 Å². The standard InChI is InChI=1S/C41H74NO7P/c1-3-5-7-9-11-13-15-17-19-20-21-22-24-26-28-30-32-34-41(43)49-40(39-48-50(44,45)47-37-35-42)38-46-36-33-31-29-27-25-23-18-16-14-12-10-8-6-4-2/h6,8,12,14,17-19,23,27,29,40H,3-5,7,9-11,13,15-16,20-22,24-26,28,30-39,42H2,1-2H3,(H,44,45)/b8-6-,14-12-,19-17-,23-18-,29-27-. The van der Waals surface area contributed by atoms with E-state index >= 15 is 0 Å². The van der Waals surface area contributed by atoms with E-state index in [1.165, 1.54) is 77.0 Å². The number of nitrogens with two attached hydrogens (primary N) is 1. The van der Waals surface area contributed by atoms with E-state index in [1.54, 1.807) is 0 Å². The highest BCUT2D eigenvalue weighted by atomic mass is 31.2. The van der Waals surface area contributed by atoms with Crippen molar-refractivity contribution in [3.8, 4) is 0 Å². The van der Waals surface area contributed by atoms with E-state index in [0.29, 0.717) is 13.0 Å². The number of allylic oxidation sites excluding steroid dienone is 10. The summed E-state index contributed by atoms with van der Waals surface area (Å²) in [5.41, 5.74) is 5.35. The fourth-order valence-electron chi connectivity index (χ4n) is 5.05. The van der Waals surface area contributed by atoms with Crippen molar-refractivity contribution >= 4 is 13.8 Å². The molecule has 50 heavy (non-hydrogen) atoms. The van der Waals surface area contributed by atoms with Crippen LogP contribution in [0.1, 0.15) is 155 Å². The normalized spacial score (nSPS) is 14.2. The minimum absolute atomic E-state index is 0.0745. The fourth-order valence-corrected chi connectivity index (χ4v) is 5.82. The summed E-state index contributed by atoms with van der Waals surface area (Å²) < 4.78 is 33.2. The molecule has 0 amide bonds. The maximum absolute atomic E-state index is 12.5. The van der Waals surface area contributed by atoms with Crippen LogP contribution in [0.4, 0.5) is 0 Å². The van der Waals surface area contributed by atoms with Crippen LogP contribution in [0.25, 0.3) is 0 Å². The van der Waals surface area contributed by atoms with E-state index in [0.717, 1.165) is 57.8 Å². The van der Waals surface area contributed by atoms with Crippen LogP contribution in [0.5, 0.6) is 0 Å². The van der Waals surface area contributed by atoms with Crippen LogP contribution >= 0.6 is 7.82 Å². The Morgan fingerprint density at radius 2 is 1.12 bits per heavy atom. The van der Waals surface area contributed by atoms with Crippen LogP contribution in [-0.2, 0) is 27.9 Å². The molecule has 0 radical (unpaired) electrons. The second-order valence-corrected chi connectivity index (χ2v) is 14.2. The van der Waals surface area contributed by atoms with Crippen molar-refractivity contribution < 1.29 is 32.8 Å². The molecule has 0 heterocycles. The number of hydrogen-bond acceptors (Lipinski definition) is 7. The Morgan fingerprint density at radius 3 is 1.70 bits per heavy atom. The smallest absolute Gasteiger partial charge is 0.457 e. The third kappa shape index (κ3) is 37.5. The molecule has 0 saturated carbocycles. The predicted octanol–water partition coefficient (Wildman–Crippen LogP) is 11.4. The van der Waals surface area contributed by atoms with Gasteiger partial charge in [-0.2, -0.15) is 0 Å². The molecule has 0 fully saturated rings. The van der Waals surface area contributed by atoms with Gasteiger partial charge in [0.1, 0.15) is 6.10 Å². The van der Waals surface area contributed by atoms with Crippen molar-refractivity contribution in [2.24, 2.45) is 5.73 Å². The van der Waals surface area contributed by atoms with Crippen LogP contribution < -0.4 is 5.73 Å². The predicted molar refractivity (Wildman–Crippen MR) is 210 cm³/mol. The van der Waals surface area contributed by atoms with Gasteiger partial charge in [0.2, 0.25) is 0 Å². The van der Waals surface area contributed by atoms with Gasteiger partial charge in [0.05, 0.1) is 19.8 Å². The largest absolute Gasteiger partial charge is 0.472 e. The average molecular weight is 724 g/mol. The average Bonchev–Trinajstić information content (AvgIpc) is 3.10. The number of unbranched alkanes of at least 4 members (excludes halogenated alkanes) is 14. The lowest BCUT2D eigenvalue weighted by atomic mass is 10.1. The van der Waals surface area contributed by atoms with Gasteiger partial charge in [0.15, 0.2) is 0 Å². The number of rotatable bonds is 37. The molecule has 0 saturated heterocycles. The lowest BCUT2D eigenvalue weighted by molar-refractivity contribution is -0.154. The second-order valence-electron chi connectivity index (χ2n) is 12.8. The first-order chi connectivity index (χ1) is 24.4. The molecule has 3 N–H and O–H groups in total. The van der Waals surface area contributed by atoms with Gasteiger partial charge in [-0.05, 0) is 70.6 Å². The van der Waals surface area contributed by atoms with Crippen LogP contribution in [0.3, 0.4) is 0 Å². The lowest BCUT2D eigenvalue weighted by Crippen LogP contribution is -2.28. The lowest BCUT2D eigenvalue weighted by Gasteiger charge is -2.20. The second kappa shape index (κ2) is 38.4. The summed E-state index contributed by atoms with van der Waals surface area (Å²) >= 11 is 0. The highest BCUT2D eigenvalue weighted by Crippen LogP contribution is 2.43. The van der Waals surface area contributed by atoms with E-state index in [9.17, 15) is 14.3 Å². The number of carbonyl (C=O) groups excluding carboxylic acids is 1. The third-order valence-corrected chi connectivity index (χ3v) is 8.90. The molecule has 0 aromatic heterocycles. The molecule has 0 aromatic rings. The van der Waals surface area contributed by atoms with Crippen LogP contribution in [-0.4, -0.2) is 49.9 Å². The molecule has 0 spiro atoms. The maximum atomic E-state index is 12.5. The number of carbonyl (C=O) groups is 1. The molecular formula is C41H74NO7P. The molecular weight excluding hydrogens is 649 g/mol. The molecule has 2 unspecified atom stereocenters. The summed E-state index contributed by atoms with van der Waals surface area (Å²) in [5, 5.41) is 0. The molecule has 8 nitrogen and oxygen atoms in total. The quantitative estimate of drug-likeness (QED) is 0.0281. The summed E-state index contributed by atoms with van der Waals surface area (Å²) in [6.07, 6.45) is 45.3. The SMILES string of the molecule is CC/C=C\C/C=C\C/C=C\C/C=C\CCCOCC(COP(=O)(O)OCCN)OC(=O)CCCCCCCCC/C=C\CCCCCCCC. The van der Waals surface area contributed by atoms with Gasteiger partial charge in [0, 0.05) is 19.6 Å². The van der Waals surface area contributed by atoms with E-state index in [2.05, 4.69) is 74.6 Å². The highest BCUT2D eigenvalue weighted by Gasteiger charge is 2.25. The van der Waals surface area contributed by atoms with Gasteiger partial charge in [-0.15, -0.1) is 0 Å². The van der Waals surface area contributed by atoms with Gasteiger partial charge in [0.25, 0.3) is 0 Å². The molecule has 0 aliphatic carbocycles. The Bertz CT molecular complexity index is 947. The summed E-state index contributed by atoms with van der Waals surface area (Å²) in [6.45, 7) is 4.63. The molecule has 0 bridgehead atoms. The van der Waals surface area contributed by atoms with E-state index in [4.69, 9.17) is 24.3 Å². The first kappa shape index (κ1) is 48.2. The number of hydrogen-bond donors (Lipinski definition) is 2. The van der Waals surface area contributed by atoms with Crippen LogP contribution in [0, 0.1) is 0 Å². The van der Waals surface area contributed by atoms with Crippen molar-refractivity contribution in [1.82, 2.24) is 0 Å². The minimum atomic E-state index is -4.29. The number of phosphoric acid groups is 1. The van der Waals surface area contributed by atoms with Gasteiger partial charge < -0.3 is 20.1 Å². The molecule has 0 aromatic carbocycles. The van der Waals surface area contributed by atoms with Crippen molar-refractivity contribution in [2.45, 2.75) is 161 Å². The minimum Gasteiger partial charge on any atom is -0.457 e. The Balaban J connectivity index is 4.16. The van der Waals surface area contributed by atoms with E-state index in [1.807, 2.05) is 0 Å². The zero-order chi connectivity index (χ0) is 36.6. The van der Waals surface area contributed by atoms with Crippen molar-refractivity contribution in [3.05, 3.63) is 60.8 Å². The Labute approximate surface area is 306 Å². The molecule has 0 aliphatic rings. The Morgan fingerprint density at radius 1 is 0.620 bits per heavy atom. The number of ether oxygens (including phenoxy) is 2. The summed E-state index contributed by atoms with van der Waals surface area (Å²) in [7, 11) is -4.29. The Hall–Kier alpha value is -1.80. The Kier molecular flexibility index (Phi) is 37.0. The molecule has 9 heteroatoms. The number of phosphoric ester groups is 1. The van der Waals surface area contributed by atoms with Crippen molar-refractivity contribution in [3.63, 3.8) is 0 Å². The highest BCUT2D eigenvalue weighted by molar-refractivity contribution is 7.47. The van der Waals surface area contributed by atoms with Gasteiger partial charge in [-0.3, -0.25) is 13.8 Å². The van der Waals surface area contributed by atoms with Crippen molar-refractivity contribution in [2.75, 3.05) is 33.0 Å². The zero-order valence-electron chi connectivity index (χ0n) is 31.9. The molecule has 0 rings (SSSR count). The first-order valence-electron chi connectivity index (χ1n) is 19.8. The summed E-state index contributed by atoms with van der Waals surface area (Å²) in [4.78, 5) is 22.4. The molecule has 0 aliphatic heterocycles. The first-order valence-corrected chi connectivity index (χ1v) is 21.3. The summed E-state index contributed by atoms with van der Waals surface area (Å²) in [5.74, 6) is -0.356. The van der Waals surface area contributed by atoms with E-state index in [-0.39, 0.29) is 32.3 Å². The van der Waals surface area contributed by atoms with Crippen molar-refractivity contribution in [1.29, 1.82) is 0 Å².